The van der Waals surface area contributed by atoms with Gasteiger partial charge in [-0.2, -0.15) is 0 Å². The number of aliphatic carboxylic acids is 1. The maximum atomic E-state index is 13.2. The van der Waals surface area contributed by atoms with E-state index >= 15 is 0 Å². The molecule has 2 aromatic rings. The van der Waals surface area contributed by atoms with Gasteiger partial charge in [0.25, 0.3) is 11.8 Å². The van der Waals surface area contributed by atoms with Crippen LogP contribution in [0.3, 0.4) is 0 Å². The number of rotatable bonds is 12. The van der Waals surface area contributed by atoms with Gasteiger partial charge >= 0.3 is 11.1 Å². The highest BCUT2D eigenvalue weighted by atomic mass is 32.2. The number of ether oxygens (including phenoxy) is 1. The van der Waals surface area contributed by atoms with Gasteiger partial charge in [0.1, 0.15) is 36.0 Å². The number of carboxylic acids is 1. The molecule has 17 heteroatoms. The smallest absolute Gasteiger partial charge is 0.352 e. The molecule has 2 atom stereocenters. The molecule has 1 fully saturated rings. The Hall–Kier alpha value is -3.96. The number of fused-ring (bicyclic) bond motifs is 1. The van der Waals surface area contributed by atoms with Crippen molar-refractivity contribution in [1.82, 2.24) is 15.2 Å². The largest absolute Gasteiger partial charge is 0.543 e. The first-order chi connectivity index (χ1) is 20.0. The normalized spacial score (nSPS) is 18.2. The zero-order chi connectivity index (χ0) is 30.7. The highest BCUT2D eigenvalue weighted by Gasteiger charge is 2.53. The Labute approximate surface area is 253 Å². The number of nitrogen functional groups attached to an aromatic ring is 1. The van der Waals surface area contributed by atoms with Crippen molar-refractivity contribution >= 4 is 74.2 Å². The topological polar surface area (TPSA) is 183 Å². The van der Waals surface area contributed by atoms with E-state index < -0.39 is 35.2 Å². The van der Waals surface area contributed by atoms with Gasteiger partial charge in [0, 0.05) is 16.7 Å². The molecule has 4 rings (SSSR count). The van der Waals surface area contributed by atoms with Crippen LogP contribution in [0, 0.1) is 6.92 Å². The van der Waals surface area contributed by atoms with Crippen LogP contribution in [-0.2, 0) is 31.0 Å². The zero-order valence-electron chi connectivity index (χ0n) is 23.2. The number of anilines is 2. The SMILES string of the molecule is C=CCO/N=C(/C(=O)NC1C(=O)N2C(C(=O)[O-])=C(CN(C)c3sc(C(=O)OCC)c(C)[n+]3C)CS[C@H]12)c1csc(N)n1. The van der Waals surface area contributed by atoms with Crippen molar-refractivity contribution in [1.29, 1.82) is 0 Å². The van der Waals surface area contributed by atoms with Gasteiger partial charge in [-0.15, -0.1) is 23.1 Å². The Morgan fingerprint density at radius 1 is 1.43 bits per heavy atom. The minimum absolute atomic E-state index is 0.0369. The van der Waals surface area contributed by atoms with E-state index in [1.807, 2.05) is 4.57 Å². The van der Waals surface area contributed by atoms with Crippen LogP contribution in [0.5, 0.6) is 0 Å². The maximum absolute atomic E-state index is 13.2. The molecule has 0 radical (unpaired) electrons. The number of amides is 2. The molecule has 2 aliphatic rings. The lowest BCUT2D eigenvalue weighted by atomic mass is 10.0. The first-order valence-corrected chi connectivity index (χ1v) is 15.3. The van der Waals surface area contributed by atoms with E-state index in [2.05, 4.69) is 22.0 Å². The zero-order valence-corrected chi connectivity index (χ0v) is 25.7. The van der Waals surface area contributed by atoms with Crippen molar-refractivity contribution < 1.29 is 38.4 Å². The van der Waals surface area contributed by atoms with E-state index in [0.717, 1.165) is 16.2 Å². The number of thioether (sulfide) groups is 1. The number of oxime groups is 1. The first-order valence-electron chi connectivity index (χ1n) is 12.6. The van der Waals surface area contributed by atoms with Crippen molar-refractivity contribution in [2.45, 2.75) is 25.3 Å². The summed E-state index contributed by atoms with van der Waals surface area (Å²) in [6, 6.07) is -1.01. The molecule has 0 saturated carbocycles. The Kier molecular flexibility index (Phi) is 9.53. The molecular weight excluding hydrogens is 607 g/mol. The third kappa shape index (κ3) is 5.98. The van der Waals surface area contributed by atoms with E-state index in [1.165, 1.54) is 34.6 Å². The van der Waals surface area contributed by atoms with Crippen molar-refractivity contribution in [2.24, 2.45) is 12.2 Å². The molecule has 2 aromatic heterocycles. The first kappa shape index (κ1) is 31.0. The molecule has 2 amide bonds. The number of esters is 1. The third-order valence-corrected chi connectivity index (χ3v) is 9.83. The van der Waals surface area contributed by atoms with E-state index in [4.69, 9.17) is 15.3 Å². The number of likely N-dealkylation sites (N-methyl/N-ethyl adjacent to an activating group) is 1. The average Bonchev–Trinajstić information content (AvgIpc) is 3.51. The molecule has 14 nitrogen and oxygen atoms in total. The summed E-state index contributed by atoms with van der Waals surface area (Å²) in [5.74, 6) is -3.01. The molecule has 1 unspecified atom stereocenters. The van der Waals surface area contributed by atoms with Crippen molar-refractivity contribution in [3.63, 3.8) is 0 Å². The fourth-order valence-corrected chi connectivity index (χ4v) is 7.35. The summed E-state index contributed by atoms with van der Waals surface area (Å²) in [5, 5.41) is 20.5. The van der Waals surface area contributed by atoms with E-state index in [1.54, 1.807) is 32.8 Å². The third-order valence-electron chi connectivity index (χ3n) is 6.38. The molecular formula is C25H29N7O7S3. The lowest BCUT2D eigenvalue weighted by Crippen LogP contribution is -2.71. The Bertz CT molecular complexity index is 1500. The Balaban J connectivity index is 1.53. The van der Waals surface area contributed by atoms with Crippen LogP contribution in [0.15, 0.2) is 34.5 Å². The van der Waals surface area contributed by atoms with E-state index in [-0.39, 0.29) is 47.7 Å². The number of hydrogen-bond donors (Lipinski definition) is 2. The molecule has 0 aliphatic carbocycles. The van der Waals surface area contributed by atoms with E-state index in [0.29, 0.717) is 21.3 Å². The summed E-state index contributed by atoms with van der Waals surface area (Å²) in [5.41, 5.74) is 6.61. The number of carboxylic acid groups (broad SMARTS) is 1. The van der Waals surface area contributed by atoms with Crippen LogP contribution in [0.2, 0.25) is 0 Å². The van der Waals surface area contributed by atoms with Gasteiger partial charge in [-0.25, -0.2) is 14.3 Å². The van der Waals surface area contributed by atoms with Crippen molar-refractivity contribution in [3.05, 3.63) is 45.6 Å². The standard InChI is InChI=1S/C25H29N7O7S3/c1-6-8-39-29-15(14-11-41-24(26)27-14)19(33)28-16-20(34)32-17(22(35)36)13(10-40-21(16)32)9-30(4)25-31(5)12(3)18(42-25)23(37)38-7-2/h6,11,16,21H,1,7-10H2,2-5H3,(H3-,26,27,28,33,35,36)/b29-15+/t16?,21-/m1/s1. The van der Waals surface area contributed by atoms with Crippen LogP contribution in [0.4, 0.5) is 10.3 Å². The van der Waals surface area contributed by atoms with Gasteiger partial charge in [-0.05, 0) is 25.2 Å². The van der Waals surface area contributed by atoms with Gasteiger partial charge in [0.2, 0.25) is 0 Å². The number of thiazole rings is 2. The predicted octanol–water partition coefficient (Wildman–Crippen LogP) is -0.457. The molecule has 0 aromatic carbocycles. The molecule has 0 bridgehead atoms. The summed E-state index contributed by atoms with van der Waals surface area (Å²) in [6.07, 6.45) is 1.45. The quantitative estimate of drug-likeness (QED) is 0.0586. The summed E-state index contributed by atoms with van der Waals surface area (Å²) in [4.78, 5) is 63.5. The highest BCUT2D eigenvalue weighted by molar-refractivity contribution is 8.00. The summed E-state index contributed by atoms with van der Waals surface area (Å²) in [6.45, 7) is 7.49. The van der Waals surface area contributed by atoms with Crippen LogP contribution in [-0.4, -0.2) is 83.3 Å². The van der Waals surface area contributed by atoms with Gasteiger partial charge in [-0.3, -0.25) is 19.4 Å². The number of β-lactam (4-membered cyclic amide) rings is 1. The monoisotopic (exact) mass is 635 g/mol. The number of nitrogens with two attached hydrogens (primary N) is 1. The van der Waals surface area contributed by atoms with Crippen molar-refractivity contribution in [2.75, 3.05) is 43.2 Å². The minimum atomic E-state index is -1.50. The van der Waals surface area contributed by atoms with Crippen LogP contribution < -0.4 is 25.6 Å². The lowest BCUT2D eigenvalue weighted by Gasteiger charge is -2.50. The van der Waals surface area contributed by atoms with Gasteiger partial charge in [0.15, 0.2) is 15.7 Å². The number of aromatic nitrogens is 2. The summed E-state index contributed by atoms with van der Waals surface area (Å²) in [7, 11) is 3.56. The molecule has 3 N–H and O–H groups in total. The maximum Gasteiger partial charge on any atom is 0.352 e. The number of carbonyl (C=O) groups is 4. The molecule has 0 spiro atoms. The molecule has 2 aliphatic heterocycles. The molecule has 224 valence electrons. The lowest BCUT2D eigenvalue weighted by molar-refractivity contribution is -0.660. The second-order valence-electron chi connectivity index (χ2n) is 9.13. The van der Waals surface area contributed by atoms with Crippen LogP contribution in [0.25, 0.3) is 0 Å². The Morgan fingerprint density at radius 3 is 2.79 bits per heavy atom. The van der Waals surface area contributed by atoms with Gasteiger partial charge in [-0.1, -0.05) is 17.8 Å². The fraction of sp³-hybridized carbons (Fsp3) is 0.400. The number of nitrogens with zero attached hydrogens (tertiary/aromatic N) is 5. The molecule has 1 saturated heterocycles. The minimum Gasteiger partial charge on any atom is -0.543 e. The number of hydrogen-bond acceptors (Lipinski definition) is 14. The highest BCUT2D eigenvalue weighted by Crippen LogP contribution is 2.40. The number of nitrogens with one attached hydrogen (secondary N) is 1. The fourth-order valence-electron chi connectivity index (χ4n) is 4.36. The van der Waals surface area contributed by atoms with Crippen molar-refractivity contribution in [3.8, 4) is 0 Å². The number of carbonyl (C=O) groups excluding carboxylic acids is 4. The summed E-state index contributed by atoms with van der Waals surface area (Å²) < 4.78 is 6.97. The van der Waals surface area contributed by atoms with E-state index in [9.17, 15) is 24.3 Å². The predicted molar refractivity (Wildman–Crippen MR) is 156 cm³/mol. The second kappa shape index (κ2) is 12.9. The van der Waals surface area contributed by atoms with Crippen LogP contribution in [0.1, 0.15) is 28.0 Å². The average molecular weight is 636 g/mol. The summed E-state index contributed by atoms with van der Waals surface area (Å²) >= 11 is 3.64. The van der Waals surface area contributed by atoms with Gasteiger partial charge in [0.05, 0.1) is 32.4 Å². The van der Waals surface area contributed by atoms with Crippen LogP contribution >= 0.6 is 34.4 Å². The molecule has 42 heavy (non-hydrogen) atoms. The molecule has 4 heterocycles. The second-order valence-corrected chi connectivity index (χ2v) is 12.1. The van der Waals surface area contributed by atoms with Gasteiger partial charge < -0.3 is 30.5 Å². The Morgan fingerprint density at radius 2 is 2.17 bits per heavy atom.